The van der Waals surface area contributed by atoms with Crippen molar-refractivity contribution in [2.24, 2.45) is 0 Å². The van der Waals surface area contributed by atoms with Crippen molar-refractivity contribution in [1.82, 2.24) is 15.0 Å². The lowest BCUT2D eigenvalue weighted by Gasteiger charge is -2.12. The second-order valence-corrected chi connectivity index (χ2v) is 13.9. The van der Waals surface area contributed by atoms with Crippen LogP contribution in [-0.2, 0) is 29.0 Å². The van der Waals surface area contributed by atoms with Crippen LogP contribution in [0.3, 0.4) is 0 Å². The summed E-state index contributed by atoms with van der Waals surface area (Å²) < 4.78 is 43.2. The van der Waals surface area contributed by atoms with Gasteiger partial charge < -0.3 is 32.5 Å². The fourth-order valence-electron chi connectivity index (χ4n) is 6.54. The predicted molar refractivity (Wildman–Crippen MR) is 228 cm³/mol. The van der Waals surface area contributed by atoms with Gasteiger partial charge in [0.1, 0.15) is 41.6 Å². The van der Waals surface area contributed by atoms with Crippen LogP contribution in [0.4, 0.5) is 0 Å². The highest BCUT2D eigenvalue weighted by Gasteiger charge is 2.18. The zero-order chi connectivity index (χ0) is 40.9. The van der Waals surface area contributed by atoms with E-state index >= 15 is 0 Å². The number of hydrogen-bond acceptors (Lipinski definition) is 11. The lowest BCUT2D eigenvalue weighted by atomic mass is 10.1. The van der Waals surface area contributed by atoms with Crippen LogP contribution in [-0.4, -0.2) is 54.6 Å². The highest BCUT2D eigenvalue weighted by atomic mass is 16.5. The quantitative estimate of drug-likeness (QED) is 0.0686. The second-order valence-electron chi connectivity index (χ2n) is 13.9. The summed E-state index contributed by atoms with van der Waals surface area (Å²) in [4.78, 5) is 25.9. The molecule has 0 amide bonds. The van der Waals surface area contributed by atoms with Gasteiger partial charge in [0.2, 0.25) is 11.2 Å². The highest BCUT2D eigenvalue weighted by Crippen LogP contribution is 2.32. The Morgan fingerprint density at radius 1 is 0.583 bits per heavy atom. The molecular formula is C48H43N3O9. The zero-order valence-corrected chi connectivity index (χ0v) is 32.9. The molecule has 0 spiro atoms. The summed E-state index contributed by atoms with van der Waals surface area (Å²) in [5.74, 6) is 2.46. The van der Waals surface area contributed by atoms with Crippen LogP contribution in [0, 0.1) is 0 Å². The Bertz CT molecular complexity index is 2750. The predicted octanol–water partition coefficient (Wildman–Crippen LogP) is 8.53. The van der Waals surface area contributed by atoms with Crippen molar-refractivity contribution in [2.75, 3.05) is 39.6 Å². The van der Waals surface area contributed by atoms with E-state index < -0.39 is 0 Å². The fraction of sp³-hybridized carbons (Fsp3) is 0.208. The summed E-state index contributed by atoms with van der Waals surface area (Å²) in [6.45, 7) is 3.45. The third-order valence-electron chi connectivity index (χ3n) is 9.64. The molecule has 0 aliphatic heterocycles. The van der Waals surface area contributed by atoms with Gasteiger partial charge in [0, 0.05) is 23.4 Å². The molecule has 8 rings (SSSR count). The van der Waals surface area contributed by atoms with E-state index in [9.17, 15) is 9.59 Å². The molecule has 304 valence electrons. The molecule has 0 aliphatic rings. The average molecular weight is 806 g/mol. The van der Waals surface area contributed by atoms with Gasteiger partial charge in [-0.2, -0.15) is 0 Å². The van der Waals surface area contributed by atoms with Crippen molar-refractivity contribution in [3.05, 3.63) is 171 Å². The molecule has 0 N–H and O–H groups in total. The highest BCUT2D eigenvalue weighted by molar-refractivity contribution is 5.82. The van der Waals surface area contributed by atoms with E-state index in [4.69, 9.17) is 32.5 Å². The van der Waals surface area contributed by atoms with Crippen LogP contribution in [0.25, 0.3) is 44.6 Å². The molecule has 0 aliphatic carbocycles. The molecule has 0 bridgehead atoms. The minimum Gasteiger partial charge on any atom is -0.494 e. The van der Waals surface area contributed by atoms with Crippen LogP contribution in [0.1, 0.15) is 17.7 Å². The van der Waals surface area contributed by atoms with E-state index in [0.29, 0.717) is 91.0 Å². The summed E-state index contributed by atoms with van der Waals surface area (Å²) in [6.07, 6.45) is 3.43. The molecular weight excluding hydrogens is 763 g/mol. The van der Waals surface area contributed by atoms with E-state index in [1.54, 1.807) is 35.0 Å². The smallest absolute Gasteiger partial charge is 0.235 e. The molecule has 3 aromatic heterocycles. The standard InChI is InChI=1S/C48H43N3O9/c52-42-31-45(59-43-14-6-4-12-40(42)43)35-16-20-38(21-17-35)56-25-8-11-37-32-51(50-49-37)24-26-54-27-28-55-29-30-57-39-22-18-36(19-23-39)47-48(58-33-34-9-2-1-3-10-34)46(53)41-13-5-7-15-44(41)60-47/h1-7,9-10,12-23,31-32H,8,11,24-30,33H2. The lowest BCUT2D eigenvalue weighted by Crippen LogP contribution is -2.13. The van der Waals surface area contributed by atoms with Crippen LogP contribution < -0.4 is 25.1 Å². The molecule has 0 fully saturated rings. The first-order valence-electron chi connectivity index (χ1n) is 19.8. The third-order valence-corrected chi connectivity index (χ3v) is 9.64. The van der Waals surface area contributed by atoms with Crippen molar-refractivity contribution in [2.45, 2.75) is 26.0 Å². The van der Waals surface area contributed by atoms with Gasteiger partial charge >= 0.3 is 0 Å². The molecule has 0 saturated heterocycles. The molecule has 60 heavy (non-hydrogen) atoms. The SMILES string of the molecule is O=c1cc(-c2ccc(OCCCc3cn(CCOCCOCCOc4ccc(-c5oc6ccccc6c(=O)c5OCc5ccccc5)cc4)nn3)cc2)oc2ccccc12. The van der Waals surface area contributed by atoms with Gasteiger partial charge in [-0.15, -0.1) is 5.10 Å². The first-order valence-corrected chi connectivity index (χ1v) is 19.8. The van der Waals surface area contributed by atoms with Crippen molar-refractivity contribution in [1.29, 1.82) is 0 Å². The van der Waals surface area contributed by atoms with E-state index in [1.165, 1.54) is 6.07 Å². The van der Waals surface area contributed by atoms with Gasteiger partial charge in [0.25, 0.3) is 0 Å². The van der Waals surface area contributed by atoms with Crippen LogP contribution in [0.15, 0.2) is 158 Å². The minimum absolute atomic E-state index is 0.0694. The number of para-hydroxylation sites is 2. The maximum absolute atomic E-state index is 13.4. The number of rotatable bonds is 20. The number of aryl methyl sites for hydroxylation is 1. The lowest BCUT2D eigenvalue weighted by molar-refractivity contribution is 0.0333. The zero-order valence-electron chi connectivity index (χ0n) is 32.9. The van der Waals surface area contributed by atoms with Crippen LogP contribution >= 0.6 is 0 Å². The Labute approximate surface area is 345 Å². The summed E-state index contributed by atoms with van der Waals surface area (Å²) in [6, 6.07) is 40.5. The largest absolute Gasteiger partial charge is 0.494 e. The number of benzene rings is 5. The molecule has 5 aromatic carbocycles. The Morgan fingerprint density at radius 2 is 1.22 bits per heavy atom. The first-order chi connectivity index (χ1) is 29.6. The number of ether oxygens (including phenoxy) is 5. The minimum atomic E-state index is -0.219. The molecule has 8 aromatic rings. The maximum atomic E-state index is 13.4. The molecule has 3 heterocycles. The summed E-state index contributed by atoms with van der Waals surface area (Å²) in [5, 5.41) is 9.51. The number of nitrogens with zero attached hydrogens (tertiary/aromatic N) is 3. The average Bonchev–Trinajstić information content (AvgIpc) is 3.75. The van der Waals surface area contributed by atoms with Crippen molar-refractivity contribution in [3.8, 4) is 39.9 Å². The van der Waals surface area contributed by atoms with Gasteiger partial charge in [-0.25, -0.2) is 4.68 Å². The van der Waals surface area contributed by atoms with E-state index in [1.807, 2.05) is 103 Å². The molecule has 0 radical (unpaired) electrons. The molecule has 0 unspecified atom stereocenters. The Balaban J connectivity index is 0.701. The van der Waals surface area contributed by atoms with E-state index in [-0.39, 0.29) is 23.2 Å². The molecule has 12 nitrogen and oxygen atoms in total. The van der Waals surface area contributed by atoms with Crippen LogP contribution in [0.2, 0.25) is 0 Å². The van der Waals surface area contributed by atoms with Gasteiger partial charge in [-0.1, -0.05) is 59.8 Å². The van der Waals surface area contributed by atoms with E-state index in [2.05, 4.69) is 10.3 Å². The Kier molecular flexibility index (Phi) is 13.0. The molecule has 0 atom stereocenters. The number of hydrogen-bond donors (Lipinski definition) is 0. The van der Waals surface area contributed by atoms with Gasteiger partial charge in [-0.05, 0) is 91.2 Å². The first kappa shape index (κ1) is 39.8. The number of fused-ring (bicyclic) bond motifs is 2. The summed E-state index contributed by atoms with van der Waals surface area (Å²) >= 11 is 0. The molecule has 0 saturated carbocycles. The second kappa shape index (κ2) is 19.6. The van der Waals surface area contributed by atoms with Crippen LogP contribution in [0.5, 0.6) is 17.2 Å². The van der Waals surface area contributed by atoms with Gasteiger partial charge in [0.15, 0.2) is 11.2 Å². The van der Waals surface area contributed by atoms with Gasteiger partial charge in [-0.3, -0.25) is 9.59 Å². The molecule has 12 heteroatoms. The Morgan fingerprint density at radius 3 is 1.98 bits per heavy atom. The fourth-order valence-corrected chi connectivity index (χ4v) is 6.54. The Hall–Kier alpha value is -7.02. The van der Waals surface area contributed by atoms with E-state index in [0.717, 1.165) is 35.4 Å². The monoisotopic (exact) mass is 805 g/mol. The van der Waals surface area contributed by atoms with Crippen molar-refractivity contribution >= 4 is 21.9 Å². The van der Waals surface area contributed by atoms with Gasteiger partial charge in [0.05, 0.1) is 56.0 Å². The topological polar surface area (TPSA) is 137 Å². The third kappa shape index (κ3) is 10.2. The maximum Gasteiger partial charge on any atom is 0.235 e. The number of aromatic nitrogens is 3. The normalized spacial score (nSPS) is 11.3. The summed E-state index contributed by atoms with van der Waals surface area (Å²) in [7, 11) is 0. The van der Waals surface area contributed by atoms with Crippen molar-refractivity contribution in [3.63, 3.8) is 0 Å². The van der Waals surface area contributed by atoms with Crippen molar-refractivity contribution < 1.29 is 32.5 Å². The summed E-state index contributed by atoms with van der Waals surface area (Å²) in [5.41, 5.74) is 4.10.